The lowest BCUT2D eigenvalue weighted by molar-refractivity contribution is 1.04. The zero-order valence-electron chi connectivity index (χ0n) is 22.8. The Hall–Kier alpha value is -4.76. The molecule has 0 bridgehead atoms. The molecule has 3 heterocycles. The maximum Gasteiger partial charge on any atom is 0.252 e. The van der Waals surface area contributed by atoms with Crippen LogP contribution in [0.5, 0.6) is 0 Å². The van der Waals surface area contributed by atoms with E-state index >= 15 is 0 Å². The second-order valence-corrected chi connectivity index (χ2v) is 9.69. The molecule has 3 aromatic heterocycles. The van der Waals surface area contributed by atoms with E-state index in [1.165, 1.54) is 16.7 Å². The lowest BCUT2D eigenvalue weighted by Gasteiger charge is -2.11. The first-order chi connectivity index (χ1) is 19.1. The molecule has 40 heavy (non-hydrogen) atoms. The third kappa shape index (κ3) is 6.81. The summed E-state index contributed by atoms with van der Waals surface area (Å²) in [6.45, 7) is 8.59. The van der Waals surface area contributed by atoms with Gasteiger partial charge in [-0.1, -0.05) is 54.1 Å². The Bertz CT molecular complexity index is 1700. The summed E-state index contributed by atoms with van der Waals surface area (Å²) in [5.41, 5.74) is 20.2. The van der Waals surface area contributed by atoms with Gasteiger partial charge in [0.2, 0.25) is 11.9 Å². The minimum absolute atomic E-state index is 0.123. The van der Waals surface area contributed by atoms with Crippen LogP contribution >= 0.6 is 11.6 Å². The molecule has 6 N–H and O–H groups in total. The van der Waals surface area contributed by atoms with Gasteiger partial charge in [0.15, 0.2) is 0 Å². The number of H-pyrrole nitrogens is 1. The topological polar surface area (TPSA) is 148 Å². The molecule has 0 atom stereocenters. The number of anilines is 3. The Kier molecular flexibility index (Phi) is 8.76. The molecule has 5 aromatic rings. The zero-order valence-corrected chi connectivity index (χ0v) is 23.5. The van der Waals surface area contributed by atoms with E-state index in [1.54, 1.807) is 24.4 Å². The van der Waals surface area contributed by atoms with Crippen LogP contribution in [-0.4, -0.2) is 24.9 Å². The molecule has 0 saturated heterocycles. The molecular weight excluding hydrogens is 524 g/mol. The first-order valence-corrected chi connectivity index (χ1v) is 13.0. The van der Waals surface area contributed by atoms with Gasteiger partial charge in [-0.3, -0.25) is 4.79 Å². The predicted molar refractivity (Wildman–Crippen MR) is 162 cm³/mol. The van der Waals surface area contributed by atoms with Crippen LogP contribution in [0.15, 0.2) is 71.7 Å². The second kappa shape index (κ2) is 12.4. The highest BCUT2D eigenvalue weighted by Gasteiger charge is 2.10. The molecule has 0 aliphatic heterocycles. The summed E-state index contributed by atoms with van der Waals surface area (Å²) in [6.07, 6.45) is 1.60. The van der Waals surface area contributed by atoms with Gasteiger partial charge in [-0.2, -0.15) is 4.98 Å². The summed E-state index contributed by atoms with van der Waals surface area (Å²) in [7, 11) is 0. The maximum atomic E-state index is 11.7. The molecule has 0 saturated carbocycles. The number of aromatic amines is 1. The van der Waals surface area contributed by atoms with Crippen molar-refractivity contribution in [3.63, 3.8) is 0 Å². The standard InChI is InChI=1S/C18H19N5O.C12H12ClN3/c1-11-5-3-7-14(12(11)2)15-9-16(23-18(19)22-15)21-10-13-6-4-8-20-17(13)24;1-7-4-3-5-9(8(7)2)10-6-11(13)16-12(14)15-10/h3-9H,10H2,1-2H3,(H,20,24)(H3,19,21,22,23);3-6H,1-2H3,(H2,14,15,16). The van der Waals surface area contributed by atoms with Gasteiger partial charge in [-0.15, -0.1) is 0 Å². The van der Waals surface area contributed by atoms with Crippen LogP contribution in [0.1, 0.15) is 27.8 Å². The Morgan fingerprint density at radius 2 is 1.35 bits per heavy atom. The third-order valence-electron chi connectivity index (χ3n) is 6.58. The average molecular weight is 555 g/mol. The molecular formula is C30H31ClN8O. The van der Waals surface area contributed by atoms with Crippen LogP contribution < -0.4 is 22.3 Å². The minimum Gasteiger partial charge on any atom is -0.368 e. The van der Waals surface area contributed by atoms with Crippen molar-refractivity contribution in [2.45, 2.75) is 34.2 Å². The van der Waals surface area contributed by atoms with Crippen molar-refractivity contribution in [1.29, 1.82) is 0 Å². The number of aryl methyl sites for hydroxylation is 2. The third-order valence-corrected chi connectivity index (χ3v) is 6.77. The van der Waals surface area contributed by atoms with E-state index in [1.807, 2.05) is 30.3 Å². The van der Waals surface area contributed by atoms with Crippen LogP contribution in [0.2, 0.25) is 5.15 Å². The fraction of sp³-hybridized carbons (Fsp3) is 0.167. The van der Waals surface area contributed by atoms with E-state index in [0.717, 1.165) is 28.1 Å². The first kappa shape index (κ1) is 28.3. The number of nitrogens with one attached hydrogen (secondary N) is 2. The molecule has 10 heteroatoms. The van der Waals surface area contributed by atoms with E-state index < -0.39 is 0 Å². The smallest absolute Gasteiger partial charge is 0.252 e. The molecule has 0 radical (unpaired) electrons. The van der Waals surface area contributed by atoms with Crippen LogP contribution in [0.3, 0.4) is 0 Å². The van der Waals surface area contributed by atoms with Gasteiger partial charge in [0.05, 0.1) is 11.4 Å². The second-order valence-electron chi connectivity index (χ2n) is 9.30. The van der Waals surface area contributed by atoms with Crippen molar-refractivity contribution in [3.8, 4) is 22.5 Å². The monoisotopic (exact) mass is 554 g/mol. The van der Waals surface area contributed by atoms with Crippen LogP contribution in [-0.2, 0) is 6.54 Å². The number of hydrogen-bond donors (Lipinski definition) is 4. The lowest BCUT2D eigenvalue weighted by Crippen LogP contribution is -2.15. The number of nitrogen functional groups attached to an aromatic ring is 2. The number of rotatable bonds is 5. The van der Waals surface area contributed by atoms with Gasteiger partial charge < -0.3 is 21.8 Å². The Morgan fingerprint density at radius 3 is 1.93 bits per heavy atom. The Labute approximate surface area is 237 Å². The van der Waals surface area contributed by atoms with Gasteiger partial charge in [0.25, 0.3) is 5.56 Å². The number of benzene rings is 2. The Balaban J connectivity index is 0.000000201. The molecule has 0 aliphatic rings. The number of halogens is 1. The van der Waals surface area contributed by atoms with Gasteiger partial charge in [0, 0.05) is 41.6 Å². The number of aromatic nitrogens is 5. The number of hydrogen-bond acceptors (Lipinski definition) is 8. The van der Waals surface area contributed by atoms with E-state index in [0.29, 0.717) is 23.1 Å². The van der Waals surface area contributed by atoms with Crippen LogP contribution in [0.25, 0.3) is 22.5 Å². The van der Waals surface area contributed by atoms with E-state index in [9.17, 15) is 4.79 Å². The van der Waals surface area contributed by atoms with Crippen molar-refractivity contribution in [3.05, 3.63) is 110 Å². The van der Waals surface area contributed by atoms with Crippen molar-refractivity contribution >= 4 is 29.3 Å². The molecule has 204 valence electrons. The maximum absolute atomic E-state index is 11.7. The van der Waals surface area contributed by atoms with Crippen LogP contribution in [0, 0.1) is 27.7 Å². The molecule has 0 aliphatic carbocycles. The summed E-state index contributed by atoms with van der Waals surface area (Å²) in [4.78, 5) is 30.9. The summed E-state index contributed by atoms with van der Waals surface area (Å²) >= 11 is 5.86. The van der Waals surface area contributed by atoms with Crippen LogP contribution in [0.4, 0.5) is 17.7 Å². The summed E-state index contributed by atoms with van der Waals surface area (Å²) in [5.74, 6) is 0.975. The van der Waals surface area contributed by atoms with Gasteiger partial charge >= 0.3 is 0 Å². The summed E-state index contributed by atoms with van der Waals surface area (Å²) in [6, 6.07) is 19.2. The number of nitrogens with two attached hydrogens (primary N) is 2. The van der Waals surface area contributed by atoms with Gasteiger partial charge in [-0.25, -0.2) is 15.0 Å². The van der Waals surface area contributed by atoms with Gasteiger partial charge in [0.1, 0.15) is 11.0 Å². The largest absolute Gasteiger partial charge is 0.368 e. The average Bonchev–Trinajstić information content (AvgIpc) is 2.91. The highest BCUT2D eigenvalue weighted by Crippen LogP contribution is 2.27. The molecule has 0 unspecified atom stereocenters. The molecule has 2 aromatic carbocycles. The lowest BCUT2D eigenvalue weighted by atomic mass is 10.0. The predicted octanol–water partition coefficient (Wildman–Crippen LogP) is 5.64. The minimum atomic E-state index is -0.123. The molecule has 0 amide bonds. The SMILES string of the molecule is Cc1cccc(-c2cc(Cl)nc(N)n2)c1C.Cc1cccc(-c2cc(NCc3ccc[nH]c3=O)nc(N)n2)c1C. The number of pyridine rings is 1. The summed E-state index contributed by atoms with van der Waals surface area (Å²) in [5, 5.41) is 3.50. The van der Waals surface area contributed by atoms with Crippen molar-refractivity contribution < 1.29 is 0 Å². The van der Waals surface area contributed by atoms with E-state index in [2.05, 4.69) is 70.1 Å². The fourth-order valence-electron chi connectivity index (χ4n) is 4.11. The molecule has 0 fully saturated rings. The van der Waals surface area contributed by atoms with E-state index in [-0.39, 0.29) is 17.5 Å². The molecule has 0 spiro atoms. The first-order valence-electron chi connectivity index (χ1n) is 12.6. The highest BCUT2D eigenvalue weighted by atomic mass is 35.5. The molecule has 9 nitrogen and oxygen atoms in total. The van der Waals surface area contributed by atoms with Gasteiger partial charge in [-0.05, 0) is 56.0 Å². The highest BCUT2D eigenvalue weighted by molar-refractivity contribution is 6.29. The number of nitrogens with zero attached hydrogens (tertiary/aromatic N) is 4. The van der Waals surface area contributed by atoms with E-state index in [4.69, 9.17) is 23.1 Å². The summed E-state index contributed by atoms with van der Waals surface area (Å²) < 4.78 is 0. The zero-order chi connectivity index (χ0) is 28.8. The fourth-order valence-corrected chi connectivity index (χ4v) is 4.30. The van der Waals surface area contributed by atoms with Crippen molar-refractivity contribution in [2.24, 2.45) is 0 Å². The quantitative estimate of drug-likeness (QED) is 0.204. The molecule has 5 rings (SSSR count). The Morgan fingerprint density at radius 1 is 0.775 bits per heavy atom. The van der Waals surface area contributed by atoms with Crippen molar-refractivity contribution in [2.75, 3.05) is 16.8 Å². The normalized spacial score (nSPS) is 10.5. The van der Waals surface area contributed by atoms with Crippen molar-refractivity contribution in [1.82, 2.24) is 24.9 Å².